The highest BCUT2D eigenvalue weighted by molar-refractivity contribution is 5.93. The number of para-hydroxylation sites is 1. The van der Waals surface area contributed by atoms with Crippen LogP contribution in [0.15, 0.2) is 57.7 Å². The predicted octanol–water partition coefficient (Wildman–Crippen LogP) is 3.78. The van der Waals surface area contributed by atoms with E-state index in [0.717, 1.165) is 27.8 Å². The zero-order valence-corrected chi connectivity index (χ0v) is 11.3. The summed E-state index contributed by atoms with van der Waals surface area (Å²) in [6.07, 6.45) is 0. The predicted molar refractivity (Wildman–Crippen MR) is 79.2 cm³/mol. The second-order valence-electron chi connectivity index (χ2n) is 4.66. The van der Waals surface area contributed by atoms with E-state index in [1.165, 1.54) is 6.07 Å². The maximum atomic E-state index is 11.7. The second kappa shape index (κ2) is 4.85. The summed E-state index contributed by atoms with van der Waals surface area (Å²) in [5, 5.41) is 0.931. The SMILES string of the molecule is COc1ccc(-c2cc(=O)oc3ccccc23)c(C)c1. The molecule has 20 heavy (non-hydrogen) atoms. The van der Waals surface area contributed by atoms with E-state index in [2.05, 4.69) is 0 Å². The topological polar surface area (TPSA) is 39.4 Å². The largest absolute Gasteiger partial charge is 0.497 e. The van der Waals surface area contributed by atoms with Crippen molar-refractivity contribution in [1.82, 2.24) is 0 Å². The molecule has 3 rings (SSSR count). The summed E-state index contributed by atoms with van der Waals surface area (Å²) in [6.45, 7) is 2.00. The van der Waals surface area contributed by atoms with Crippen molar-refractivity contribution < 1.29 is 9.15 Å². The van der Waals surface area contributed by atoms with Gasteiger partial charge < -0.3 is 9.15 Å². The van der Waals surface area contributed by atoms with Gasteiger partial charge in [-0.1, -0.05) is 24.3 Å². The molecule has 1 heterocycles. The van der Waals surface area contributed by atoms with Gasteiger partial charge in [0.25, 0.3) is 0 Å². The smallest absolute Gasteiger partial charge is 0.336 e. The highest BCUT2D eigenvalue weighted by atomic mass is 16.5. The van der Waals surface area contributed by atoms with Crippen LogP contribution in [0.5, 0.6) is 5.75 Å². The van der Waals surface area contributed by atoms with E-state index in [4.69, 9.17) is 9.15 Å². The molecular weight excluding hydrogens is 252 g/mol. The third-order valence-corrected chi connectivity index (χ3v) is 3.37. The molecule has 1 aromatic heterocycles. The first kappa shape index (κ1) is 12.5. The summed E-state index contributed by atoms with van der Waals surface area (Å²) in [5.41, 5.74) is 3.21. The summed E-state index contributed by atoms with van der Waals surface area (Å²) < 4.78 is 10.4. The number of rotatable bonds is 2. The molecule has 0 saturated carbocycles. The Kier molecular flexibility index (Phi) is 3.03. The van der Waals surface area contributed by atoms with Gasteiger partial charge in [-0.15, -0.1) is 0 Å². The first-order valence-corrected chi connectivity index (χ1v) is 6.37. The lowest BCUT2D eigenvalue weighted by atomic mass is 9.98. The van der Waals surface area contributed by atoms with E-state index in [9.17, 15) is 4.79 Å². The van der Waals surface area contributed by atoms with Gasteiger partial charge in [0, 0.05) is 17.0 Å². The summed E-state index contributed by atoms with van der Waals surface area (Å²) in [7, 11) is 1.64. The number of hydrogen-bond acceptors (Lipinski definition) is 3. The van der Waals surface area contributed by atoms with Crippen molar-refractivity contribution in [3.05, 3.63) is 64.5 Å². The van der Waals surface area contributed by atoms with Gasteiger partial charge >= 0.3 is 5.63 Å². The summed E-state index contributed by atoms with van der Waals surface area (Å²) in [6, 6.07) is 14.9. The maximum Gasteiger partial charge on any atom is 0.336 e. The van der Waals surface area contributed by atoms with Crippen LogP contribution in [-0.2, 0) is 0 Å². The van der Waals surface area contributed by atoms with Crippen LogP contribution in [0.2, 0.25) is 0 Å². The average Bonchev–Trinajstić information content (AvgIpc) is 2.46. The molecule has 0 unspecified atom stereocenters. The molecule has 0 spiro atoms. The summed E-state index contributed by atoms with van der Waals surface area (Å²) >= 11 is 0. The number of aryl methyl sites for hydroxylation is 1. The quantitative estimate of drug-likeness (QED) is 0.663. The number of ether oxygens (including phenoxy) is 1. The molecule has 0 radical (unpaired) electrons. The molecule has 0 aliphatic rings. The van der Waals surface area contributed by atoms with Gasteiger partial charge in [-0.05, 0) is 36.2 Å². The third-order valence-electron chi connectivity index (χ3n) is 3.37. The molecule has 0 aliphatic carbocycles. The van der Waals surface area contributed by atoms with Crippen molar-refractivity contribution in [2.45, 2.75) is 6.92 Å². The van der Waals surface area contributed by atoms with Crippen molar-refractivity contribution in [2.75, 3.05) is 7.11 Å². The Labute approximate surface area is 116 Å². The maximum absolute atomic E-state index is 11.7. The Balaban J connectivity index is 2.32. The minimum atomic E-state index is -0.339. The summed E-state index contributed by atoms with van der Waals surface area (Å²) in [5.74, 6) is 0.804. The number of methoxy groups -OCH3 is 1. The fourth-order valence-electron chi connectivity index (χ4n) is 2.40. The van der Waals surface area contributed by atoms with Crippen LogP contribution in [0.3, 0.4) is 0 Å². The van der Waals surface area contributed by atoms with Gasteiger partial charge in [0.2, 0.25) is 0 Å². The molecule has 0 aliphatic heterocycles. The zero-order valence-electron chi connectivity index (χ0n) is 11.3. The summed E-state index contributed by atoms with van der Waals surface area (Å²) in [4.78, 5) is 11.7. The van der Waals surface area contributed by atoms with Crippen molar-refractivity contribution in [2.24, 2.45) is 0 Å². The lowest BCUT2D eigenvalue weighted by Gasteiger charge is -2.10. The molecule has 0 saturated heterocycles. The van der Waals surface area contributed by atoms with E-state index in [0.29, 0.717) is 5.58 Å². The Hall–Kier alpha value is -2.55. The molecule has 0 amide bonds. The fourth-order valence-corrected chi connectivity index (χ4v) is 2.40. The minimum absolute atomic E-state index is 0.339. The highest BCUT2D eigenvalue weighted by Crippen LogP contribution is 2.31. The number of benzene rings is 2. The normalized spacial score (nSPS) is 10.7. The van der Waals surface area contributed by atoms with Gasteiger partial charge in [0.05, 0.1) is 7.11 Å². The molecule has 3 aromatic rings. The molecule has 0 N–H and O–H groups in total. The zero-order chi connectivity index (χ0) is 14.1. The third kappa shape index (κ3) is 2.07. The van der Waals surface area contributed by atoms with Crippen LogP contribution < -0.4 is 10.4 Å². The lowest BCUT2D eigenvalue weighted by molar-refractivity contribution is 0.414. The van der Waals surface area contributed by atoms with Gasteiger partial charge in [-0.25, -0.2) is 4.79 Å². The monoisotopic (exact) mass is 266 g/mol. The fraction of sp³-hybridized carbons (Fsp3) is 0.118. The Morgan fingerprint density at radius 1 is 1.00 bits per heavy atom. The van der Waals surface area contributed by atoms with Crippen LogP contribution in [0.4, 0.5) is 0 Å². The molecule has 100 valence electrons. The van der Waals surface area contributed by atoms with Crippen molar-refractivity contribution >= 4 is 11.0 Å². The van der Waals surface area contributed by atoms with Gasteiger partial charge in [0.15, 0.2) is 0 Å². The molecule has 0 fully saturated rings. The number of fused-ring (bicyclic) bond motifs is 1. The molecule has 2 aromatic carbocycles. The van der Waals surface area contributed by atoms with E-state index in [-0.39, 0.29) is 5.63 Å². The number of hydrogen-bond donors (Lipinski definition) is 0. The minimum Gasteiger partial charge on any atom is -0.497 e. The van der Waals surface area contributed by atoms with Crippen LogP contribution in [0, 0.1) is 6.92 Å². The van der Waals surface area contributed by atoms with Gasteiger partial charge in [0.1, 0.15) is 11.3 Å². The average molecular weight is 266 g/mol. The molecular formula is C17H14O3. The Morgan fingerprint density at radius 2 is 1.80 bits per heavy atom. The first-order valence-electron chi connectivity index (χ1n) is 6.37. The van der Waals surface area contributed by atoms with Gasteiger partial charge in [-0.3, -0.25) is 0 Å². The molecule has 0 atom stereocenters. The van der Waals surface area contributed by atoms with Crippen LogP contribution in [-0.4, -0.2) is 7.11 Å². The van der Waals surface area contributed by atoms with Crippen LogP contribution >= 0.6 is 0 Å². The lowest BCUT2D eigenvalue weighted by Crippen LogP contribution is -1.99. The molecule has 3 nitrogen and oxygen atoms in total. The van der Waals surface area contributed by atoms with Gasteiger partial charge in [-0.2, -0.15) is 0 Å². The van der Waals surface area contributed by atoms with E-state index >= 15 is 0 Å². The first-order chi connectivity index (χ1) is 9.69. The second-order valence-corrected chi connectivity index (χ2v) is 4.66. The standard InChI is InChI=1S/C17H14O3/c1-11-9-12(19-2)7-8-13(11)15-10-17(18)20-16-6-4-3-5-14(15)16/h3-10H,1-2H3. The van der Waals surface area contributed by atoms with Crippen molar-refractivity contribution in [1.29, 1.82) is 0 Å². The van der Waals surface area contributed by atoms with E-state index < -0.39 is 0 Å². The Bertz CT molecular complexity index is 831. The van der Waals surface area contributed by atoms with Crippen molar-refractivity contribution in [3.8, 4) is 16.9 Å². The van der Waals surface area contributed by atoms with E-state index in [1.54, 1.807) is 13.2 Å². The van der Waals surface area contributed by atoms with Crippen LogP contribution in [0.1, 0.15) is 5.56 Å². The van der Waals surface area contributed by atoms with Crippen molar-refractivity contribution in [3.63, 3.8) is 0 Å². The molecule has 0 bridgehead atoms. The van der Waals surface area contributed by atoms with E-state index in [1.807, 2.05) is 43.3 Å². The van der Waals surface area contributed by atoms with Crippen LogP contribution in [0.25, 0.3) is 22.1 Å². The molecule has 3 heteroatoms. The highest BCUT2D eigenvalue weighted by Gasteiger charge is 2.10. The Morgan fingerprint density at radius 3 is 2.55 bits per heavy atom.